The van der Waals surface area contributed by atoms with Crippen molar-refractivity contribution in [2.75, 3.05) is 10.6 Å². The first-order valence-electron chi connectivity index (χ1n) is 6.95. The highest BCUT2D eigenvalue weighted by Crippen LogP contribution is 2.21. The lowest BCUT2D eigenvalue weighted by atomic mass is 10.1. The SMILES string of the molecule is Cn1nc(NC(=O)Nc2ccccc2)cc1-c1ccccc1. The summed E-state index contributed by atoms with van der Waals surface area (Å²) < 4.78 is 1.74. The molecule has 3 rings (SSSR count). The number of amides is 2. The average molecular weight is 292 g/mol. The third-order valence-electron chi connectivity index (χ3n) is 3.22. The van der Waals surface area contributed by atoms with Crippen molar-refractivity contribution >= 4 is 17.5 Å². The minimum atomic E-state index is -0.316. The van der Waals surface area contributed by atoms with E-state index in [-0.39, 0.29) is 6.03 Å². The number of rotatable bonds is 3. The van der Waals surface area contributed by atoms with Gasteiger partial charge in [-0.05, 0) is 17.7 Å². The molecule has 0 unspecified atom stereocenters. The van der Waals surface area contributed by atoms with Crippen LogP contribution in [0.15, 0.2) is 66.7 Å². The van der Waals surface area contributed by atoms with E-state index in [1.54, 1.807) is 4.68 Å². The lowest BCUT2D eigenvalue weighted by Gasteiger charge is -2.04. The lowest BCUT2D eigenvalue weighted by Crippen LogP contribution is -2.19. The van der Waals surface area contributed by atoms with Gasteiger partial charge in [-0.25, -0.2) is 4.79 Å². The van der Waals surface area contributed by atoms with Gasteiger partial charge in [0.05, 0.1) is 5.69 Å². The van der Waals surface area contributed by atoms with Crippen molar-refractivity contribution < 1.29 is 4.79 Å². The van der Waals surface area contributed by atoms with Gasteiger partial charge in [-0.3, -0.25) is 10.00 Å². The summed E-state index contributed by atoms with van der Waals surface area (Å²) in [6.45, 7) is 0. The molecular formula is C17H16N4O. The molecule has 2 aromatic carbocycles. The Hall–Kier alpha value is -3.08. The fraction of sp³-hybridized carbons (Fsp3) is 0.0588. The van der Waals surface area contributed by atoms with Crippen molar-refractivity contribution in [2.24, 2.45) is 7.05 Å². The van der Waals surface area contributed by atoms with Gasteiger partial charge in [0.2, 0.25) is 0 Å². The van der Waals surface area contributed by atoms with Crippen LogP contribution >= 0.6 is 0 Å². The monoisotopic (exact) mass is 292 g/mol. The van der Waals surface area contributed by atoms with Gasteiger partial charge in [0.1, 0.15) is 0 Å². The molecule has 5 heteroatoms. The molecule has 0 atom stereocenters. The Morgan fingerprint density at radius 2 is 1.59 bits per heavy atom. The molecule has 110 valence electrons. The first-order valence-corrected chi connectivity index (χ1v) is 6.95. The minimum absolute atomic E-state index is 0.316. The summed E-state index contributed by atoms with van der Waals surface area (Å²) >= 11 is 0. The fourth-order valence-corrected chi connectivity index (χ4v) is 2.21. The van der Waals surface area contributed by atoms with Crippen molar-refractivity contribution in [1.29, 1.82) is 0 Å². The molecule has 0 aliphatic carbocycles. The molecule has 1 aromatic heterocycles. The predicted octanol–water partition coefficient (Wildman–Crippen LogP) is 3.73. The Morgan fingerprint density at radius 3 is 2.27 bits per heavy atom. The third-order valence-corrected chi connectivity index (χ3v) is 3.22. The number of nitrogens with one attached hydrogen (secondary N) is 2. The maximum Gasteiger partial charge on any atom is 0.324 e. The van der Waals surface area contributed by atoms with Gasteiger partial charge in [-0.15, -0.1) is 0 Å². The van der Waals surface area contributed by atoms with Gasteiger partial charge in [0, 0.05) is 18.8 Å². The quantitative estimate of drug-likeness (QED) is 0.772. The Morgan fingerprint density at radius 1 is 0.955 bits per heavy atom. The predicted molar refractivity (Wildman–Crippen MR) is 87.7 cm³/mol. The van der Waals surface area contributed by atoms with E-state index in [4.69, 9.17) is 0 Å². The molecule has 0 radical (unpaired) electrons. The molecule has 2 amide bonds. The number of carbonyl (C=O) groups excluding carboxylic acids is 1. The van der Waals surface area contributed by atoms with Gasteiger partial charge in [0.15, 0.2) is 5.82 Å². The van der Waals surface area contributed by atoms with Crippen LogP contribution in [0, 0.1) is 0 Å². The topological polar surface area (TPSA) is 59.0 Å². The summed E-state index contributed by atoms with van der Waals surface area (Å²) in [7, 11) is 1.85. The van der Waals surface area contributed by atoms with Crippen molar-refractivity contribution in [3.8, 4) is 11.3 Å². The number of urea groups is 1. The van der Waals surface area contributed by atoms with Gasteiger partial charge in [0.25, 0.3) is 0 Å². The largest absolute Gasteiger partial charge is 0.324 e. The Labute approximate surface area is 128 Å². The first-order chi connectivity index (χ1) is 10.7. The molecule has 0 fully saturated rings. The van der Waals surface area contributed by atoms with Crippen molar-refractivity contribution in [3.63, 3.8) is 0 Å². The number of nitrogens with zero attached hydrogens (tertiary/aromatic N) is 2. The summed E-state index contributed by atoms with van der Waals surface area (Å²) in [6.07, 6.45) is 0. The second kappa shape index (κ2) is 6.13. The van der Waals surface area contributed by atoms with Crippen LogP contribution in [0.25, 0.3) is 11.3 Å². The Kier molecular flexibility index (Phi) is 3.87. The van der Waals surface area contributed by atoms with Crippen LogP contribution in [0.3, 0.4) is 0 Å². The number of hydrogen-bond acceptors (Lipinski definition) is 2. The van der Waals surface area contributed by atoms with E-state index in [9.17, 15) is 4.79 Å². The zero-order chi connectivity index (χ0) is 15.4. The number of hydrogen-bond donors (Lipinski definition) is 2. The van der Waals surface area contributed by atoms with Crippen molar-refractivity contribution in [1.82, 2.24) is 9.78 Å². The van der Waals surface area contributed by atoms with Crippen LogP contribution in [0.2, 0.25) is 0 Å². The Bertz CT molecular complexity index is 766. The number of aromatic nitrogens is 2. The summed E-state index contributed by atoms with van der Waals surface area (Å²) in [5.41, 5.74) is 2.73. The van der Waals surface area contributed by atoms with E-state index in [2.05, 4.69) is 15.7 Å². The zero-order valence-electron chi connectivity index (χ0n) is 12.2. The number of aryl methyl sites for hydroxylation is 1. The average Bonchev–Trinajstić information content (AvgIpc) is 2.89. The molecule has 0 saturated carbocycles. The number of anilines is 2. The van der Waals surface area contributed by atoms with Gasteiger partial charge >= 0.3 is 6.03 Å². The van der Waals surface area contributed by atoms with Crippen LogP contribution in [-0.2, 0) is 7.05 Å². The van der Waals surface area contributed by atoms with E-state index in [0.717, 1.165) is 16.9 Å². The van der Waals surface area contributed by atoms with Crippen LogP contribution < -0.4 is 10.6 Å². The smallest absolute Gasteiger partial charge is 0.308 e. The molecule has 5 nitrogen and oxygen atoms in total. The van der Waals surface area contributed by atoms with E-state index >= 15 is 0 Å². The Balaban J connectivity index is 1.73. The summed E-state index contributed by atoms with van der Waals surface area (Å²) in [6, 6.07) is 20.7. The lowest BCUT2D eigenvalue weighted by molar-refractivity contribution is 0.262. The van der Waals surface area contributed by atoms with E-state index in [1.807, 2.05) is 73.8 Å². The normalized spacial score (nSPS) is 10.2. The highest BCUT2D eigenvalue weighted by molar-refractivity contribution is 5.99. The number of carbonyl (C=O) groups is 1. The van der Waals surface area contributed by atoms with Gasteiger partial charge < -0.3 is 5.32 Å². The van der Waals surface area contributed by atoms with E-state index in [0.29, 0.717) is 5.82 Å². The number of benzene rings is 2. The highest BCUT2D eigenvalue weighted by atomic mass is 16.2. The second-order valence-corrected chi connectivity index (χ2v) is 4.85. The fourth-order valence-electron chi connectivity index (χ4n) is 2.21. The molecule has 1 heterocycles. The van der Waals surface area contributed by atoms with Crippen LogP contribution in [-0.4, -0.2) is 15.8 Å². The van der Waals surface area contributed by atoms with Crippen molar-refractivity contribution in [2.45, 2.75) is 0 Å². The van der Waals surface area contributed by atoms with E-state index in [1.165, 1.54) is 0 Å². The van der Waals surface area contributed by atoms with Gasteiger partial charge in [-0.2, -0.15) is 5.10 Å². The molecule has 0 bridgehead atoms. The van der Waals surface area contributed by atoms with Gasteiger partial charge in [-0.1, -0.05) is 48.5 Å². The molecule has 0 spiro atoms. The molecular weight excluding hydrogens is 276 g/mol. The molecule has 0 aliphatic heterocycles. The van der Waals surface area contributed by atoms with Crippen molar-refractivity contribution in [3.05, 3.63) is 66.7 Å². The molecule has 22 heavy (non-hydrogen) atoms. The summed E-state index contributed by atoms with van der Waals surface area (Å²) in [5.74, 6) is 0.509. The third kappa shape index (κ3) is 3.15. The number of para-hydroxylation sites is 1. The van der Waals surface area contributed by atoms with Crippen LogP contribution in [0.1, 0.15) is 0 Å². The maximum absolute atomic E-state index is 12.0. The minimum Gasteiger partial charge on any atom is -0.308 e. The highest BCUT2D eigenvalue weighted by Gasteiger charge is 2.09. The maximum atomic E-state index is 12.0. The second-order valence-electron chi connectivity index (χ2n) is 4.85. The van der Waals surface area contributed by atoms with E-state index < -0.39 is 0 Å². The summed E-state index contributed by atoms with van der Waals surface area (Å²) in [5, 5.41) is 9.81. The summed E-state index contributed by atoms with van der Waals surface area (Å²) in [4.78, 5) is 12.0. The molecule has 0 saturated heterocycles. The standard InChI is InChI=1S/C17H16N4O/c1-21-15(13-8-4-2-5-9-13)12-16(20-21)19-17(22)18-14-10-6-3-7-11-14/h2-12H,1H3,(H2,18,19,20,22). The first kappa shape index (κ1) is 13.9. The zero-order valence-corrected chi connectivity index (χ0v) is 12.2. The van der Waals surface area contributed by atoms with Crippen LogP contribution in [0.4, 0.5) is 16.3 Å². The molecule has 0 aliphatic rings. The molecule has 2 N–H and O–H groups in total. The molecule has 3 aromatic rings. The van der Waals surface area contributed by atoms with Crippen LogP contribution in [0.5, 0.6) is 0 Å².